The number of thiophene rings is 1. The minimum absolute atomic E-state index is 0.0809. The predicted molar refractivity (Wildman–Crippen MR) is 66.4 cm³/mol. The Hall–Kier alpha value is -1.13. The van der Waals surface area contributed by atoms with Crippen molar-refractivity contribution in [2.24, 2.45) is 0 Å². The highest BCUT2D eigenvalue weighted by atomic mass is 32.1. The van der Waals surface area contributed by atoms with Crippen molar-refractivity contribution in [1.82, 2.24) is 10.3 Å². The summed E-state index contributed by atoms with van der Waals surface area (Å²) < 4.78 is 5.66. The third-order valence-electron chi connectivity index (χ3n) is 2.09. The first-order valence-electron chi connectivity index (χ1n) is 5.28. The van der Waals surface area contributed by atoms with Crippen LogP contribution in [0.3, 0.4) is 0 Å². The van der Waals surface area contributed by atoms with E-state index in [2.05, 4.69) is 31.1 Å². The minimum Gasteiger partial charge on any atom is -0.438 e. The predicted octanol–water partition coefficient (Wildman–Crippen LogP) is 3.29. The van der Waals surface area contributed by atoms with Gasteiger partial charge in [-0.1, -0.05) is 6.07 Å². The maximum absolute atomic E-state index is 5.66. The van der Waals surface area contributed by atoms with E-state index in [1.54, 1.807) is 17.5 Å². The lowest BCUT2D eigenvalue weighted by molar-refractivity contribution is 0.384. The molecule has 0 radical (unpaired) electrons. The molecule has 0 fully saturated rings. The molecule has 0 bridgehead atoms. The molecule has 0 aliphatic heterocycles. The van der Waals surface area contributed by atoms with Gasteiger partial charge in [-0.3, -0.25) is 0 Å². The van der Waals surface area contributed by atoms with Gasteiger partial charge in [0, 0.05) is 5.54 Å². The first-order chi connectivity index (χ1) is 7.54. The van der Waals surface area contributed by atoms with Crippen molar-refractivity contribution in [3.8, 4) is 10.6 Å². The second-order valence-corrected chi connectivity index (χ2v) is 5.65. The summed E-state index contributed by atoms with van der Waals surface area (Å²) in [4.78, 5) is 5.37. The standard InChI is InChI=1S/C12H16N2OS/c1-12(2,3)14-8-11-13-7-9(15-11)10-5-4-6-16-10/h4-7,14H,8H2,1-3H3. The van der Waals surface area contributed by atoms with Crippen molar-refractivity contribution in [2.45, 2.75) is 32.9 Å². The zero-order valence-electron chi connectivity index (χ0n) is 9.78. The molecule has 0 unspecified atom stereocenters. The molecule has 2 aromatic rings. The van der Waals surface area contributed by atoms with Gasteiger partial charge < -0.3 is 9.73 Å². The molecule has 0 amide bonds. The second-order valence-electron chi connectivity index (χ2n) is 4.70. The zero-order valence-corrected chi connectivity index (χ0v) is 10.6. The van der Waals surface area contributed by atoms with E-state index in [1.807, 2.05) is 17.5 Å². The third-order valence-corrected chi connectivity index (χ3v) is 2.97. The molecule has 0 saturated carbocycles. The van der Waals surface area contributed by atoms with Gasteiger partial charge in [-0.25, -0.2) is 4.98 Å². The Morgan fingerprint density at radius 1 is 1.44 bits per heavy atom. The summed E-state index contributed by atoms with van der Waals surface area (Å²) in [5, 5.41) is 5.38. The summed E-state index contributed by atoms with van der Waals surface area (Å²) >= 11 is 1.66. The van der Waals surface area contributed by atoms with Crippen molar-refractivity contribution in [1.29, 1.82) is 0 Å². The van der Waals surface area contributed by atoms with Gasteiger partial charge in [0.2, 0.25) is 5.89 Å². The SMILES string of the molecule is CC(C)(C)NCc1ncc(-c2cccs2)o1. The Morgan fingerprint density at radius 3 is 2.88 bits per heavy atom. The molecule has 0 saturated heterocycles. The van der Waals surface area contributed by atoms with E-state index in [9.17, 15) is 0 Å². The van der Waals surface area contributed by atoms with Gasteiger partial charge in [0.15, 0.2) is 5.76 Å². The fourth-order valence-corrected chi connectivity index (χ4v) is 1.94. The van der Waals surface area contributed by atoms with Crippen LogP contribution in [-0.2, 0) is 6.54 Å². The number of hydrogen-bond acceptors (Lipinski definition) is 4. The Bertz CT molecular complexity index is 440. The summed E-state index contributed by atoms with van der Waals surface area (Å²) in [6.07, 6.45) is 1.78. The fraction of sp³-hybridized carbons (Fsp3) is 0.417. The minimum atomic E-state index is 0.0809. The third kappa shape index (κ3) is 2.93. The lowest BCUT2D eigenvalue weighted by Gasteiger charge is -2.18. The smallest absolute Gasteiger partial charge is 0.208 e. The average molecular weight is 236 g/mol. The van der Waals surface area contributed by atoms with Crippen LogP contribution in [0.4, 0.5) is 0 Å². The highest BCUT2D eigenvalue weighted by Gasteiger charge is 2.12. The van der Waals surface area contributed by atoms with Gasteiger partial charge >= 0.3 is 0 Å². The number of rotatable bonds is 3. The van der Waals surface area contributed by atoms with Crippen molar-refractivity contribution in [3.63, 3.8) is 0 Å². The van der Waals surface area contributed by atoms with Crippen LogP contribution in [0.2, 0.25) is 0 Å². The lowest BCUT2D eigenvalue weighted by atomic mass is 10.1. The zero-order chi connectivity index (χ0) is 11.6. The molecular weight excluding hydrogens is 220 g/mol. The first-order valence-corrected chi connectivity index (χ1v) is 6.16. The quantitative estimate of drug-likeness (QED) is 0.888. The monoisotopic (exact) mass is 236 g/mol. The number of nitrogens with zero attached hydrogens (tertiary/aromatic N) is 1. The molecular formula is C12H16N2OS. The van der Waals surface area contributed by atoms with E-state index in [4.69, 9.17) is 4.42 Å². The van der Waals surface area contributed by atoms with Crippen LogP contribution in [0.1, 0.15) is 26.7 Å². The highest BCUT2D eigenvalue weighted by molar-refractivity contribution is 7.13. The van der Waals surface area contributed by atoms with E-state index < -0.39 is 0 Å². The summed E-state index contributed by atoms with van der Waals surface area (Å²) in [5.41, 5.74) is 0.0809. The van der Waals surface area contributed by atoms with Gasteiger partial charge in [-0.05, 0) is 32.2 Å². The van der Waals surface area contributed by atoms with Gasteiger partial charge in [0.1, 0.15) is 0 Å². The van der Waals surface area contributed by atoms with Gasteiger partial charge in [0.05, 0.1) is 17.6 Å². The molecule has 0 spiro atoms. The van der Waals surface area contributed by atoms with Crippen molar-refractivity contribution in [2.75, 3.05) is 0 Å². The van der Waals surface area contributed by atoms with Crippen molar-refractivity contribution < 1.29 is 4.42 Å². The van der Waals surface area contributed by atoms with Crippen molar-refractivity contribution in [3.05, 3.63) is 29.6 Å². The Balaban J connectivity index is 2.03. The highest BCUT2D eigenvalue weighted by Crippen LogP contribution is 2.25. The number of hydrogen-bond donors (Lipinski definition) is 1. The maximum atomic E-state index is 5.66. The van der Waals surface area contributed by atoms with E-state index in [1.165, 1.54) is 0 Å². The van der Waals surface area contributed by atoms with Gasteiger partial charge in [0.25, 0.3) is 0 Å². The molecule has 2 heterocycles. The lowest BCUT2D eigenvalue weighted by Crippen LogP contribution is -2.35. The van der Waals surface area contributed by atoms with Crippen molar-refractivity contribution >= 4 is 11.3 Å². The summed E-state index contributed by atoms with van der Waals surface area (Å²) in [5.74, 6) is 1.58. The Kier molecular flexibility index (Phi) is 3.12. The number of nitrogens with one attached hydrogen (secondary N) is 1. The number of aromatic nitrogens is 1. The second kappa shape index (κ2) is 4.39. The van der Waals surface area contributed by atoms with Crippen LogP contribution in [0.15, 0.2) is 28.1 Å². The largest absolute Gasteiger partial charge is 0.438 e. The molecule has 1 N–H and O–H groups in total. The Morgan fingerprint density at radius 2 is 2.25 bits per heavy atom. The van der Waals surface area contributed by atoms with E-state index in [0.29, 0.717) is 6.54 Å². The summed E-state index contributed by atoms with van der Waals surface area (Å²) in [7, 11) is 0. The molecule has 2 aromatic heterocycles. The van der Waals surface area contributed by atoms with E-state index in [-0.39, 0.29) is 5.54 Å². The topological polar surface area (TPSA) is 38.1 Å². The van der Waals surface area contributed by atoms with Gasteiger partial charge in [-0.15, -0.1) is 11.3 Å². The molecule has 86 valence electrons. The Labute approximate surface area is 99.5 Å². The average Bonchev–Trinajstić information content (AvgIpc) is 2.84. The van der Waals surface area contributed by atoms with Crippen LogP contribution in [-0.4, -0.2) is 10.5 Å². The fourth-order valence-electron chi connectivity index (χ4n) is 1.27. The maximum Gasteiger partial charge on any atom is 0.208 e. The molecule has 0 atom stereocenters. The van der Waals surface area contributed by atoms with Crippen LogP contribution >= 0.6 is 11.3 Å². The van der Waals surface area contributed by atoms with Crippen LogP contribution in [0.5, 0.6) is 0 Å². The van der Waals surface area contributed by atoms with Crippen LogP contribution < -0.4 is 5.32 Å². The normalized spacial score (nSPS) is 11.9. The first kappa shape index (κ1) is 11.4. The van der Waals surface area contributed by atoms with Crippen LogP contribution in [0.25, 0.3) is 10.6 Å². The van der Waals surface area contributed by atoms with E-state index in [0.717, 1.165) is 16.5 Å². The molecule has 16 heavy (non-hydrogen) atoms. The molecule has 2 rings (SSSR count). The molecule has 3 nitrogen and oxygen atoms in total. The summed E-state index contributed by atoms with van der Waals surface area (Å²) in [6.45, 7) is 7.03. The molecule has 0 aliphatic carbocycles. The molecule has 0 aliphatic rings. The number of oxazole rings is 1. The summed E-state index contributed by atoms with van der Waals surface area (Å²) in [6, 6.07) is 4.04. The van der Waals surface area contributed by atoms with Crippen LogP contribution in [0, 0.1) is 0 Å². The molecule has 0 aromatic carbocycles. The van der Waals surface area contributed by atoms with Gasteiger partial charge in [-0.2, -0.15) is 0 Å². The van der Waals surface area contributed by atoms with E-state index >= 15 is 0 Å². The molecule has 4 heteroatoms.